The third-order valence-corrected chi connectivity index (χ3v) is 3.61. The zero-order chi connectivity index (χ0) is 15.9. The normalized spacial score (nSPS) is 13.3. The molecular formula is C17H27NO2S. The van der Waals surface area contributed by atoms with Crippen molar-refractivity contribution in [3.05, 3.63) is 36.5 Å². The minimum Gasteiger partial charge on any atom is -0.356 e. The average molecular weight is 309 g/mol. The van der Waals surface area contributed by atoms with Gasteiger partial charge >= 0.3 is 0 Å². The smallest absolute Gasteiger partial charge is 0.216 e. The van der Waals surface area contributed by atoms with Crippen LogP contribution in [0.1, 0.15) is 40.0 Å². The number of allylic oxidation sites excluding steroid dienone is 5. The molecule has 4 heteroatoms. The number of rotatable bonds is 10. The SMILES string of the molecule is C/C=C/C=C/C[C@H](C)CC/C=C/C(=O)SCCNC(C)=O. The van der Waals surface area contributed by atoms with Crippen molar-refractivity contribution in [3.8, 4) is 0 Å². The Morgan fingerprint density at radius 3 is 2.67 bits per heavy atom. The average Bonchev–Trinajstić information content (AvgIpc) is 2.44. The first-order valence-corrected chi connectivity index (χ1v) is 8.40. The lowest BCUT2D eigenvalue weighted by Crippen LogP contribution is -2.22. The van der Waals surface area contributed by atoms with E-state index >= 15 is 0 Å². The molecule has 0 spiro atoms. The molecule has 0 rings (SSSR count). The molecule has 0 aromatic carbocycles. The Kier molecular flexibility index (Phi) is 12.8. The van der Waals surface area contributed by atoms with Crippen molar-refractivity contribution in [1.82, 2.24) is 5.32 Å². The third-order valence-electron chi connectivity index (χ3n) is 2.78. The van der Waals surface area contributed by atoms with Crippen molar-refractivity contribution in [1.29, 1.82) is 0 Å². The molecule has 118 valence electrons. The number of carbonyl (C=O) groups excluding carboxylic acids is 2. The standard InChI is InChI=1S/C17H27NO2S/c1-4-5-6-7-10-15(2)11-8-9-12-17(20)21-14-13-18-16(3)19/h4-7,9,12,15H,8,10-11,13-14H2,1-3H3,(H,18,19)/b5-4+,7-6+,12-9+/t15-/m0/s1. The van der Waals surface area contributed by atoms with Gasteiger partial charge in [-0.3, -0.25) is 9.59 Å². The predicted molar refractivity (Wildman–Crippen MR) is 92.3 cm³/mol. The number of thioether (sulfide) groups is 1. The van der Waals surface area contributed by atoms with Gasteiger partial charge in [-0.25, -0.2) is 0 Å². The quantitative estimate of drug-likeness (QED) is 0.378. The van der Waals surface area contributed by atoms with Crippen molar-refractivity contribution in [2.75, 3.05) is 12.3 Å². The van der Waals surface area contributed by atoms with Gasteiger partial charge in [0.2, 0.25) is 11.0 Å². The third kappa shape index (κ3) is 14.9. The summed E-state index contributed by atoms with van der Waals surface area (Å²) in [6.07, 6.45) is 15.0. The van der Waals surface area contributed by atoms with E-state index in [9.17, 15) is 9.59 Å². The first-order valence-electron chi connectivity index (χ1n) is 7.41. The molecule has 0 unspecified atom stereocenters. The lowest BCUT2D eigenvalue weighted by Gasteiger charge is -2.05. The summed E-state index contributed by atoms with van der Waals surface area (Å²) in [4.78, 5) is 22.2. The van der Waals surface area contributed by atoms with Crippen LogP contribution in [0.5, 0.6) is 0 Å². The lowest BCUT2D eigenvalue weighted by atomic mass is 10.0. The molecule has 0 heterocycles. The van der Waals surface area contributed by atoms with E-state index in [4.69, 9.17) is 0 Å². The minimum atomic E-state index is -0.0592. The van der Waals surface area contributed by atoms with Crippen LogP contribution in [0.3, 0.4) is 0 Å². The lowest BCUT2D eigenvalue weighted by molar-refractivity contribution is -0.118. The number of hydrogen-bond donors (Lipinski definition) is 1. The first kappa shape index (κ1) is 19.7. The molecule has 0 bridgehead atoms. The molecule has 0 fully saturated rings. The second-order valence-corrected chi connectivity index (χ2v) is 6.02. The predicted octanol–water partition coefficient (Wildman–Crippen LogP) is 3.88. The number of carbonyl (C=O) groups is 2. The van der Waals surface area contributed by atoms with Crippen molar-refractivity contribution >= 4 is 22.8 Å². The highest BCUT2D eigenvalue weighted by Gasteiger charge is 2.00. The Labute approximate surface area is 133 Å². The van der Waals surface area contributed by atoms with Crippen LogP contribution in [0.15, 0.2) is 36.5 Å². The van der Waals surface area contributed by atoms with Gasteiger partial charge in [-0.1, -0.05) is 49.1 Å². The summed E-state index contributed by atoms with van der Waals surface area (Å²) in [6.45, 7) is 6.23. The summed E-state index contributed by atoms with van der Waals surface area (Å²) in [5.41, 5.74) is 0. The molecule has 1 atom stereocenters. The maximum absolute atomic E-state index is 11.5. The molecular weight excluding hydrogens is 282 g/mol. The highest BCUT2D eigenvalue weighted by Crippen LogP contribution is 2.12. The molecule has 1 N–H and O–H groups in total. The van der Waals surface area contributed by atoms with Crippen LogP contribution in [0.4, 0.5) is 0 Å². The monoisotopic (exact) mass is 309 g/mol. The van der Waals surface area contributed by atoms with Crippen LogP contribution >= 0.6 is 11.8 Å². The van der Waals surface area contributed by atoms with E-state index in [1.54, 1.807) is 6.08 Å². The van der Waals surface area contributed by atoms with E-state index in [0.29, 0.717) is 18.2 Å². The molecule has 0 aliphatic heterocycles. The van der Waals surface area contributed by atoms with Gasteiger partial charge in [-0.05, 0) is 38.2 Å². The molecule has 0 aromatic heterocycles. The molecule has 0 aliphatic carbocycles. The highest BCUT2D eigenvalue weighted by atomic mass is 32.2. The van der Waals surface area contributed by atoms with Gasteiger partial charge in [0.1, 0.15) is 0 Å². The molecule has 21 heavy (non-hydrogen) atoms. The highest BCUT2D eigenvalue weighted by molar-refractivity contribution is 8.14. The van der Waals surface area contributed by atoms with Gasteiger partial charge in [-0.15, -0.1) is 0 Å². The zero-order valence-electron chi connectivity index (χ0n) is 13.3. The maximum atomic E-state index is 11.5. The Bertz CT molecular complexity index is 386. The number of amides is 1. The molecule has 0 saturated heterocycles. The molecule has 3 nitrogen and oxygen atoms in total. The number of hydrogen-bond acceptors (Lipinski definition) is 3. The fourth-order valence-corrected chi connectivity index (χ4v) is 2.20. The van der Waals surface area contributed by atoms with Crippen LogP contribution < -0.4 is 5.32 Å². The summed E-state index contributed by atoms with van der Waals surface area (Å²) in [7, 11) is 0. The van der Waals surface area contributed by atoms with E-state index in [-0.39, 0.29) is 11.0 Å². The van der Waals surface area contributed by atoms with Crippen molar-refractivity contribution in [3.63, 3.8) is 0 Å². The van der Waals surface area contributed by atoms with Gasteiger partial charge in [0, 0.05) is 19.2 Å². The Morgan fingerprint density at radius 2 is 2.00 bits per heavy atom. The molecule has 0 aliphatic rings. The second kappa shape index (κ2) is 13.7. The molecule has 0 radical (unpaired) electrons. The minimum absolute atomic E-state index is 0.0565. The molecule has 0 aromatic rings. The van der Waals surface area contributed by atoms with Crippen LogP contribution in [0.2, 0.25) is 0 Å². The largest absolute Gasteiger partial charge is 0.356 e. The fraction of sp³-hybridized carbons (Fsp3) is 0.529. The first-order chi connectivity index (χ1) is 10.1. The van der Waals surface area contributed by atoms with Crippen LogP contribution in [0.25, 0.3) is 0 Å². The summed E-state index contributed by atoms with van der Waals surface area (Å²) in [5.74, 6) is 1.18. The summed E-state index contributed by atoms with van der Waals surface area (Å²) in [5, 5.41) is 2.72. The zero-order valence-corrected chi connectivity index (χ0v) is 14.1. The van der Waals surface area contributed by atoms with Gasteiger partial charge in [0.25, 0.3) is 0 Å². The van der Waals surface area contributed by atoms with E-state index in [0.717, 1.165) is 19.3 Å². The van der Waals surface area contributed by atoms with Crippen LogP contribution in [-0.2, 0) is 9.59 Å². The van der Waals surface area contributed by atoms with Crippen molar-refractivity contribution in [2.45, 2.75) is 40.0 Å². The number of nitrogens with one attached hydrogen (secondary N) is 1. The van der Waals surface area contributed by atoms with Gasteiger partial charge < -0.3 is 5.32 Å². The Hall–Kier alpha value is -1.29. The summed E-state index contributed by atoms with van der Waals surface area (Å²) in [6, 6.07) is 0. The van der Waals surface area contributed by atoms with Crippen LogP contribution in [0, 0.1) is 5.92 Å². The summed E-state index contributed by atoms with van der Waals surface area (Å²) >= 11 is 1.24. The maximum Gasteiger partial charge on any atom is 0.216 e. The van der Waals surface area contributed by atoms with Gasteiger partial charge in [-0.2, -0.15) is 0 Å². The van der Waals surface area contributed by atoms with Gasteiger partial charge in [0.05, 0.1) is 0 Å². The second-order valence-electron chi connectivity index (χ2n) is 4.92. The van der Waals surface area contributed by atoms with Gasteiger partial charge in [0.15, 0.2) is 0 Å². The fourth-order valence-electron chi connectivity index (χ4n) is 1.61. The Balaban J connectivity index is 3.65. The Morgan fingerprint density at radius 1 is 1.24 bits per heavy atom. The molecule has 1 amide bonds. The topological polar surface area (TPSA) is 46.2 Å². The molecule has 0 saturated carbocycles. The van der Waals surface area contributed by atoms with E-state index < -0.39 is 0 Å². The summed E-state index contributed by atoms with van der Waals surface area (Å²) < 4.78 is 0. The van der Waals surface area contributed by atoms with E-state index in [1.807, 2.05) is 25.2 Å². The van der Waals surface area contributed by atoms with E-state index in [1.165, 1.54) is 18.7 Å². The van der Waals surface area contributed by atoms with Crippen molar-refractivity contribution < 1.29 is 9.59 Å². The van der Waals surface area contributed by atoms with Crippen LogP contribution in [-0.4, -0.2) is 23.3 Å². The van der Waals surface area contributed by atoms with E-state index in [2.05, 4.69) is 24.4 Å². The van der Waals surface area contributed by atoms with Crippen molar-refractivity contribution in [2.24, 2.45) is 5.92 Å².